The first kappa shape index (κ1) is 32.3. The number of aromatic nitrogens is 8. The van der Waals surface area contributed by atoms with Gasteiger partial charge in [0.1, 0.15) is 36.3 Å². The minimum absolute atomic E-state index is 0.0342. The van der Waals surface area contributed by atoms with E-state index in [1.165, 1.54) is 23.5 Å². The van der Waals surface area contributed by atoms with Gasteiger partial charge in [0.25, 0.3) is 5.56 Å². The van der Waals surface area contributed by atoms with E-state index in [1.54, 1.807) is 18.4 Å². The first-order valence-corrected chi connectivity index (χ1v) is 19.0. The SMILES string of the molecule is C[C@@H]1[C@@H](n2cnc3c(=O)[nH]c(N)nc32)[C@H](O)[C@@H]2OP(=O)(O)OC[C@@H]3[C@@H](OP(O)(=S)OC[C@@]12C)[C@@H](O)[C@@]1(n2cnc4c(N)ncnc42)C[C@@H]31. The lowest BCUT2D eigenvalue weighted by Crippen LogP contribution is -2.43. The standard InChI is InChI=1S/C25H32N10O10P2S/c1-9-14(34-7-30-13-21(34)32-23(27)33-22(13)38)15(36)18-24(9,2)5-43-47(41,48)44-16-10(4-42-46(39,40)45-18)11-3-25(11,17(16)37)35-8-31-12-19(26)28-6-29-20(12)35/h6-11,14-18,36-37H,3-5H2,1-2H3,(H,39,40)(H,41,48)(H2,26,28,29)(H3,27,32,33,38)/t9-,10+,11+,14-,15+,16-,17-,18+,24+,25-,47?/m1/s1. The monoisotopic (exact) mass is 726 g/mol. The van der Waals surface area contributed by atoms with Crippen LogP contribution in [-0.4, -0.2) is 96.7 Å². The van der Waals surface area contributed by atoms with Crippen LogP contribution >= 0.6 is 14.5 Å². The second-order valence-corrected chi connectivity index (χ2v) is 17.3. The number of H-pyrrole nitrogens is 1. The Labute approximate surface area is 275 Å². The number of nitrogens with one attached hydrogen (secondary N) is 1. The van der Waals surface area contributed by atoms with Crippen LogP contribution in [0.5, 0.6) is 0 Å². The summed E-state index contributed by atoms with van der Waals surface area (Å²) in [6.07, 6.45) is -0.976. The van der Waals surface area contributed by atoms with Crippen LogP contribution in [0.25, 0.3) is 22.3 Å². The first-order chi connectivity index (χ1) is 22.6. The van der Waals surface area contributed by atoms with Crippen molar-refractivity contribution in [1.82, 2.24) is 39.0 Å². The number of nitrogens with two attached hydrogens (primary N) is 2. The summed E-state index contributed by atoms with van der Waals surface area (Å²) in [6, 6.07) is -0.930. The topological polar surface area (TPSA) is 294 Å². The van der Waals surface area contributed by atoms with Gasteiger partial charge < -0.3 is 49.6 Å². The molecule has 3 aliphatic carbocycles. The number of imidazole rings is 2. The molecule has 258 valence electrons. The molecule has 2 unspecified atom stereocenters. The Morgan fingerprint density at radius 1 is 1.08 bits per heavy atom. The van der Waals surface area contributed by atoms with Crippen molar-refractivity contribution in [1.29, 1.82) is 0 Å². The maximum atomic E-state index is 13.6. The van der Waals surface area contributed by atoms with Crippen LogP contribution in [0.3, 0.4) is 0 Å². The van der Waals surface area contributed by atoms with E-state index in [0.29, 0.717) is 17.6 Å². The van der Waals surface area contributed by atoms with Crippen molar-refractivity contribution >= 4 is 60.4 Å². The summed E-state index contributed by atoms with van der Waals surface area (Å²) in [4.78, 5) is 58.1. The van der Waals surface area contributed by atoms with Crippen LogP contribution in [0.1, 0.15) is 26.3 Å². The highest BCUT2D eigenvalue weighted by Crippen LogP contribution is 2.68. The summed E-state index contributed by atoms with van der Waals surface area (Å²) < 4.78 is 39.9. The van der Waals surface area contributed by atoms with Gasteiger partial charge in [-0.05, 0) is 30.1 Å². The van der Waals surface area contributed by atoms with E-state index in [0.717, 1.165) is 0 Å². The Balaban J connectivity index is 1.14. The molecule has 20 nitrogen and oxygen atoms in total. The van der Waals surface area contributed by atoms with Gasteiger partial charge in [0, 0.05) is 11.3 Å². The molecule has 9 N–H and O–H groups in total. The summed E-state index contributed by atoms with van der Waals surface area (Å²) in [5.41, 5.74) is 9.55. The van der Waals surface area contributed by atoms with Gasteiger partial charge in [-0.3, -0.25) is 18.8 Å². The predicted molar refractivity (Wildman–Crippen MR) is 168 cm³/mol. The van der Waals surface area contributed by atoms with Crippen LogP contribution in [-0.2, 0) is 40.0 Å². The molecule has 3 saturated carbocycles. The molecule has 5 heterocycles. The normalized spacial score (nSPS) is 43.0. The van der Waals surface area contributed by atoms with Crippen molar-refractivity contribution in [2.24, 2.45) is 23.2 Å². The Bertz CT molecular complexity index is 2130. The highest BCUT2D eigenvalue weighted by molar-refractivity contribution is 8.07. The molecule has 0 radical (unpaired) electrons. The molecule has 0 bridgehead atoms. The number of aliphatic hydroxyl groups excluding tert-OH is 2. The van der Waals surface area contributed by atoms with Gasteiger partial charge in [-0.1, -0.05) is 13.8 Å². The van der Waals surface area contributed by atoms with Gasteiger partial charge in [-0.25, -0.2) is 24.5 Å². The summed E-state index contributed by atoms with van der Waals surface area (Å²) in [6.45, 7) is -1.65. The molecule has 12 atom stereocenters. The summed E-state index contributed by atoms with van der Waals surface area (Å²) >= 11 is 5.44. The van der Waals surface area contributed by atoms with Crippen molar-refractivity contribution in [3.63, 3.8) is 0 Å². The van der Waals surface area contributed by atoms with Gasteiger partial charge in [0.2, 0.25) is 5.95 Å². The zero-order valence-corrected chi connectivity index (χ0v) is 27.9. The number of aliphatic hydroxyl groups is 2. The molecule has 4 aliphatic rings. The van der Waals surface area contributed by atoms with E-state index in [2.05, 4.69) is 29.9 Å². The number of anilines is 2. The maximum Gasteiger partial charge on any atom is 0.472 e. The number of fused-ring (bicyclic) bond motifs is 6. The number of nitrogen functional groups attached to an aromatic ring is 2. The molecular weight excluding hydrogens is 694 g/mol. The number of phosphoric acid groups is 1. The van der Waals surface area contributed by atoms with Gasteiger partial charge >= 0.3 is 14.5 Å². The van der Waals surface area contributed by atoms with Gasteiger partial charge in [-0.2, -0.15) is 4.98 Å². The summed E-state index contributed by atoms with van der Waals surface area (Å²) in [7, 11) is -4.92. The molecule has 4 fully saturated rings. The Kier molecular flexibility index (Phi) is 7.08. The van der Waals surface area contributed by atoms with E-state index >= 15 is 0 Å². The molecule has 0 spiro atoms. The third-order valence-electron chi connectivity index (χ3n) is 10.7. The number of rotatable bonds is 2. The number of nitrogens with zero attached hydrogens (tertiary/aromatic N) is 7. The van der Waals surface area contributed by atoms with Crippen LogP contribution < -0.4 is 17.0 Å². The molecule has 8 rings (SSSR count). The quantitative estimate of drug-likeness (QED) is 0.128. The Morgan fingerprint density at radius 2 is 1.83 bits per heavy atom. The van der Waals surface area contributed by atoms with Gasteiger partial charge in [0.05, 0.1) is 37.4 Å². The second-order valence-electron chi connectivity index (χ2n) is 13.1. The third-order valence-corrected chi connectivity index (χ3v) is 13.2. The maximum absolute atomic E-state index is 13.6. The first-order valence-electron chi connectivity index (χ1n) is 14.9. The molecule has 48 heavy (non-hydrogen) atoms. The van der Waals surface area contributed by atoms with Crippen LogP contribution in [0.2, 0.25) is 0 Å². The largest absolute Gasteiger partial charge is 0.472 e. The molecule has 4 aromatic rings. The van der Waals surface area contributed by atoms with Crippen molar-refractivity contribution in [2.75, 3.05) is 24.7 Å². The number of phosphoric ester groups is 1. The number of hydrogen-bond donors (Lipinski definition) is 7. The minimum Gasteiger partial charge on any atom is -0.388 e. The molecule has 1 aliphatic heterocycles. The van der Waals surface area contributed by atoms with Crippen molar-refractivity contribution < 1.29 is 42.7 Å². The average Bonchev–Trinajstić information content (AvgIpc) is 3.22. The zero-order valence-electron chi connectivity index (χ0n) is 25.3. The number of aromatic amines is 1. The number of hydrogen-bond acceptors (Lipinski definition) is 16. The molecule has 0 aromatic carbocycles. The molecule has 4 aromatic heterocycles. The van der Waals surface area contributed by atoms with E-state index in [-0.39, 0.29) is 22.9 Å². The lowest BCUT2D eigenvalue weighted by molar-refractivity contribution is -0.0651. The van der Waals surface area contributed by atoms with Crippen molar-refractivity contribution in [3.05, 3.63) is 29.3 Å². The van der Waals surface area contributed by atoms with Crippen LogP contribution in [0.15, 0.2) is 23.8 Å². The average molecular weight is 727 g/mol. The second kappa shape index (κ2) is 10.5. The zero-order chi connectivity index (χ0) is 34.1. The fourth-order valence-electron chi connectivity index (χ4n) is 8.06. The van der Waals surface area contributed by atoms with E-state index < -0.39 is 92.5 Å². The molecule has 1 saturated heterocycles. The smallest absolute Gasteiger partial charge is 0.388 e. The molecule has 0 amide bonds. The van der Waals surface area contributed by atoms with E-state index in [4.69, 9.17) is 41.4 Å². The molecular formula is C25H32N10O10P2S. The lowest BCUT2D eigenvalue weighted by Gasteiger charge is -2.38. The Hall–Kier alpha value is -2.94. The van der Waals surface area contributed by atoms with Crippen molar-refractivity contribution in [3.8, 4) is 0 Å². The van der Waals surface area contributed by atoms with E-state index in [1.807, 2.05) is 0 Å². The summed E-state index contributed by atoms with van der Waals surface area (Å²) in [5.74, 6) is -1.84. The predicted octanol–water partition coefficient (Wildman–Crippen LogP) is -0.478. The van der Waals surface area contributed by atoms with Crippen molar-refractivity contribution in [2.45, 2.75) is 56.3 Å². The summed E-state index contributed by atoms with van der Waals surface area (Å²) in [5, 5.41) is 23.5. The lowest BCUT2D eigenvalue weighted by atomic mass is 9.79. The van der Waals surface area contributed by atoms with E-state index in [9.17, 15) is 29.4 Å². The minimum atomic E-state index is -4.92. The fourth-order valence-corrected chi connectivity index (χ4v) is 10.7. The highest BCUT2D eigenvalue weighted by atomic mass is 32.5. The fraction of sp³-hybridized carbons (Fsp3) is 0.600. The Morgan fingerprint density at radius 3 is 2.60 bits per heavy atom. The van der Waals surface area contributed by atoms with Gasteiger partial charge in [-0.15, -0.1) is 0 Å². The van der Waals surface area contributed by atoms with Gasteiger partial charge in [0.15, 0.2) is 22.6 Å². The molecule has 23 heteroatoms. The third kappa shape index (κ3) is 4.57. The van der Waals surface area contributed by atoms with Crippen LogP contribution in [0, 0.1) is 23.2 Å². The van der Waals surface area contributed by atoms with Crippen LogP contribution in [0.4, 0.5) is 11.8 Å². The highest BCUT2D eigenvalue weighted by Gasteiger charge is 2.74.